The van der Waals surface area contributed by atoms with Crippen molar-refractivity contribution in [3.8, 4) is 0 Å². The summed E-state index contributed by atoms with van der Waals surface area (Å²) in [6.07, 6.45) is 1.39. The van der Waals surface area contributed by atoms with Crippen molar-refractivity contribution in [2.75, 3.05) is 13.2 Å². The molecule has 2 aliphatic heterocycles. The fourth-order valence-corrected chi connectivity index (χ4v) is 4.42. The van der Waals surface area contributed by atoms with Crippen molar-refractivity contribution in [2.45, 2.75) is 57.7 Å². The number of esters is 2. The highest BCUT2D eigenvalue weighted by molar-refractivity contribution is 5.84. The molecule has 0 radical (unpaired) electrons. The zero-order valence-corrected chi connectivity index (χ0v) is 12.6. The zero-order chi connectivity index (χ0) is 14.7. The predicted octanol–water partition coefficient (Wildman–Crippen LogP) is 1.35. The van der Waals surface area contributed by atoms with Gasteiger partial charge in [0.05, 0.1) is 18.6 Å². The number of hydrogen-bond acceptors (Lipinski definition) is 5. The van der Waals surface area contributed by atoms with Crippen LogP contribution in [0.4, 0.5) is 0 Å². The normalized spacial score (nSPS) is 41.6. The molecule has 5 heteroatoms. The maximum Gasteiger partial charge on any atom is 0.326 e. The number of carbonyl (C=O) groups excluding carboxylic acids is 2. The number of rotatable bonds is 3. The van der Waals surface area contributed by atoms with Crippen molar-refractivity contribution < 1.29 is 19.1 Å². The number of ether oxygens (including phenoxy) is 2. The Morgan fingerprint density at radius 2 is 2.15 bits per heavy atom. The number of fused-ring (bicyclic) bond motifs is 3. The van der Waals surface area contributed by atoms with Crippen LogP contribution in [0, 0.1) is 11.8 Å². The molecule has 1 aliphatic carbocycles. The number of nitrogens with zero attached hydrogens (tertiary/aromatic N) is 1. The van der Waals surface area contributed by atoms with Gasteiger partial charge in [-0.15, -0.1) is 0 Å². The summed E-state index contributed by atoms with van der Waals surface area (Å²) in [6.45, 7) is 8.76. The van der Waals surface area contributed by atoms with Crippen LogP contribution in [0.5, 0.6) is 0 Å². The topological polar surface area (TPSA) is 55.8 Å². The van der Waals surface area contributed by atoms with E-state index >= 15 is 0 Å². The second-order valence-corrected chi connectivity index (χ2v) is 6.99. The summed E-state index contributed by atoms with van der Waals surface area (Å²) >= 11 is 0. The lowest BCUT2D eigenvalue weighted by Gasteiger charge is -2.52. The third-order valence-electron chi connectivity index (χ3n) is 5.19. The van der Waals surface area contributed by atoms with E-state index in [0.717, 1.165) is 6.42 Å². The molecule has 3 aliphatic rings. The quantitative estimate of drug-likeness (QED) is 0.731. The van der Waals surface area contributed by atoms with Crippen molar-refractivity contribution in [1.82, 2.24) is 4.90 Å². The van der Waals surface area contributed by atoms with Crippen LogP contribution in [-0.2, 0) is 19.1 Å². The van der Waals surface area contributed by atoms with Gasteiger partial charge in [0.25, 0.3) is 0 Å². The van der Waals surface area contributed by atoms with E-state index in [4.69, 9.17) is 9.47 Å². The van der Waals surface area contributed by atoms with Crippen molar-refractivity contribution in [1.29, 1.82) is 0 Å². The molecule has 1 saturated carbocycles. The second kappa shape index (κ2) is 4.20. The van der Waals surface area contributed by atoms with Gasteiger partial charge in [-0.3, -0.25) is 14.5 Å². The molecule has 3 fully saturated rings. The third-order valence-corrected chi connectivity index (χ3v) is 5.19. The number of morpholine rings is 1. The van der Waals surface area contributed by atoms with Gasteiger partial charge in [-0.05, 0) is 46.0 Å². The molecule has 0 amide bonds. The molecular formula is C15H23NO4. The molecule has 5 nitrogen and oxygen atoms in total. The highest BCUT2D eigenvalue weighted by atomic mass is 16.5. The first kappa shape index (κ1) is 13.9. The predicted molar refractivity (Wildman–Crippen MR) is 71.9 cm³/mol. The molecule has 2 heterocycles. The average Bonchev–Trinajstić information content (AvgIpc) is 3.09. The molecule has 0 aromatic rings. The first-order valence-electron chi connectivity index (χ1n) is 7.44. The van der Waals surface area contributed by atoms with E-state index in [1.54, 1.807) is 0 Å². The summed E-state index contributed by atoms with van der Waals surface area (Å²) in [6, 6.07) is 0.104. The van der Waals surface area contributed by atoms with Gasteiger partial charge in [-0.2, -0.15) is 0 Å². The molecule has 3 rings (SSSR count). The standard InChI is InChI=1S/C15H23NO4/c1-5-19-12(17)7-11-9-6-10(9)15(4)13(18)20-8-14(2,3)16(11)15/h9-11H,5-8H2,1-4H3/t9?,10?,11-,15+/m0/s1. The first-order valence-corrected chi connectivity index (χ1v) is 7.44. The molecule has 2 saturated heterocycles. The molecule has 2 unspecified atom stereocenters. The Bertz CT molecular complexity index is 461. The van der Waals surface area contributed by atoms with Crippen LogP contribution in [0.25, 0.3) is 0 Å². The van der Waals surface area contributed by atoms with E-state index in [1.165, 1.54) is 0 Å². The summed E-state index contributed by atoms with van der Waals surface area (Å²) in [5.74, 6) is 0.459. The van der Waals surface area contributed by atoms with Crippen molar-refractivity contribution in [3.05, 3.63) is 0 Å². The fraction of sp³-hybridized carbons (Fsp3) is 0.867. The highest BCUT2D eigenvalue weighted by Crippen LogP contribution is 2.63. The Balaban J connectivity index is 1.89. The molecule has 0 spiro atoms. The Labute approximate surface area is 119 Å². The molecule has 4 atom stereocenters. The smallest absolute Gasteiger partial charge is 0.326 e. The monoisotopic (exact) mass is 281 g/mol. The van der Waals surface area contributed by atoms with Crippen LogP contribution in [-0.4, -0.2) is 47.2 Å². The molecule has 112 valence electrons. The number of cyclic esters (lactones) is 1. The van der Waals surface area contributed by atoms with Crippen LogP contribution >= 0.6 is 0 Å². The van der Waals surface area contributed by atoms with Crippen molar-refractivity contribution in [2.24, 2.45) is 11.8 Å². The van der Waals surface area contributed by atoms with E-state index < -0.39 is 5.54 Å². The minimum Gasteiger partial charge on any atom is -0.466 e. The summed E-state index contributed by atoms with van der Waals surface area (Å²) in [7, 11) is 0. The molecular weight excluding hydrogens is 258 g/mol. The minimum atomic E-state index is -0.566. The maximum absolute atomic E-state index is 12.3. The Morgan fingerprint density at radius 1 is 1.45 bits per heavy atom. The summed E-state index contributed by atoms with van der Waals surface area (Å²) in [5.41, 5.74) is -0.795. The molecule has 0 aromatic carbocycles. The number of carbonyl (C=O) groups is 2. The fourth-order valence-electron chi connectivity index (χ4n) is 4.42. The van der Waals surface area contributed by atoms with Gasteiger partial charge in [-0.1, -0.05) is 0 Å². The van der Waals surface area contributed by atoms with Gasteiger partial charge >= 0.3 is 11.9 Å². The molecule has 20 heavy (non-hydrogen) atoms. The molecule has 0 N–H and O–H groups in total. The summed E-state index contributed by atoms with van der Waals surface area (Å²) < 4.78 is 10.5. The van der Waals surface area contributed by atoms with E-state index in [9.17, 15) is 9.59 Å². The first-order chi connectivity index (χ1) is 9.32. The van der Waals surface area contributed by atoms with Gasteiger partial charge < -0.3 is 9.47 Å². The lowest BCUT2D eigenvalue weighted by atomic mass is 9.87. The van der Waals surface area contributed by atoms with Crippen LogP contribution < -0.4 is 0 Å². The van der Waals surface area contributed by atoms with Crippen LogP contribution in [0.3, 0.4) is 0 Å². The molecule has 0 bridgehead atoms. The van der Waals surface area contributed by atoms with Gasteiger partial charge in [0, 0.05) is 6.04 Å². The van der Waals surface area contributed by atoms with Crippen LogP contribution in [0.1, 0.15) is 40.5 Å². The average molecular weight is 281 g/mol. The summed E-state index contributed by atoms with van der Waals surface area (Å²) in [4.78, 5) is 26.4. The third kappa shape index (κ3) is 1.72. The van der Waals surface area contributed by atoms with E-state index in [-0.39, 0.29) is 23.5 Å². The van der Waals surface area contributed by atoms with Crippen LogP contribution in [0.2, 0.25) is 0 Å². The van der Waals surface area contributed by atoms with Crippen LogP contribution in [0.15, 0.2) is 0 Å². The Hall–Kier alpha value is -1.10. The second-order valence-electron chi connectivity index (χ2n) is 6.99. The van der Waals surface area contributed by atoms with Gasteiger partial charge in [0.15, 0.2) is 0 Å². The van der Waals surface area contributed by atoms with E-state index in [1.807, 2.05) is 13.8 Å². The van der Waals surface area contributed by atoms with E-state index in [0.29, 0.717) is 31.5 Å². The highest BCUT2D eigenvalue weighted by Gasteiger charge is 2.72. The SMILES string of the molecule is CCOC(=O)C[C@H]1C2CC2[C@]2(C)C(=O)OCC(C)(C)N12. The van der Waals surface area contributed by atoms with Gasteiger partial charge in [0.2, 0.25) is 0 Å². The van der Waals surface area contributed by atoms with Gasteiger partial charge in [0.1, 0.15) is 12.1 Å². The van der Waals surface area contributed by atoms with E-state index in [2.05, 4.69) is 18.7 Å². The minimum absolute atomic E-state index is 0.104. The Kier molecular flexibility index (Phi) is 2.91. The largest absolute Gasteiger partial charge is 0.466 e. The lowest BCUT2D eigenvalue weighted by molar-refractivity contribution is -0.187. The van der Waals surface area contributed by atoms with Crippen molar-refractivity contribution in [3.63, 3.8) is 0 Å². The number of hydrogen-bond donors (Lipinski definition) is 0. The Morgan fingerprint density at radius 3 is 2.80 bits per heavy atom. The molecule has 0 aromatic heterocycles. The zero-order valence-electron chi connectivity index (χ0n) is 12.6. The maximum atomic E-state index is 12.3. The van der Waals surface area contributed by atoms with Gasteiger partial charge in [-0.25, -0.2) is 0 Å². The number of piperidine rings is 1. The summed E-state index contributed by atoms with van der Waals surface area (Å²) in [5, 5.41) is 0. The van der Waals surface area contributed by atoms with Crippen molar-refractivity contribution >= 4 is 11.9 Å². The lowest BCUT2D eigenvalue weighted by Crippen LogP contribution is -2.68.